The minimum absolute atomic E-state index is 0.130. The maximum Gasteiger partial charge on any atom is 0.218 e. The third kappa shape index (κ3) is 3.57. The highest BCUT2D eigenvalue weighted by molar-refractivity contribution is 6.75. The molecule has 0 spiro atoms. The van der Waals surface area contributed by atoms with Crippen LogP contribution in [-0.4, -0.2) is 18.7 Å². The second kappa shape index (κ2) is 6.00. The summed E-state index contributed by atoms with van der Waals surface area (Å²) in [7, 11) is -1.70. The zero-order chi connectivity index (χ0) is 13.8. The number of hydrogen-bond acceptors (Lipinski definition) is 1. The average Bonchev–Trinajstić information content (AvgIpc) is 2.28. The molecule has 0 aliphatic heterocycles. The van der Waals surface area contributed by atoms with Gasteiger partial charge in [0.25, 0.3) is 0 Å². The minimum atomic E-state index is -1.70. The van der Waals surface area contributed by atoms with Crippen LogP contribution in [0.1, 0.15) is 24.9 Å². The highest BCUT2D eigenvalue weighted by Crippen LogP contribution is 2.26. The summed E-state index contributed by atoms with van der Waals surface area (Å²) >= 11 is 0. The van der Waals surface area contributed by atoms with E-state index in [2.05, 4.69) is 49.8 Å². The van der Waals surface area contributed by atoms with Crippen molar-refractivity contribution in [3.63, 3.8) is 0 Å². The Hall–Kier alpha value is -1.35. The lowest BCUT2D eigenvalue weighted by Crippen LogP contribution is -2.50. The molecule has 0 N–H and O–H groups in total. The van der Waals surface area contributed by atoms with Gasteiger partial charge in [-0.3, -0.25) is 4.79 Å². The Bertz CT molecular complexity index is 408. The van der Waals surface area contributed by atoms with Crippen molar-refractivity contribution in [2.24, 2.45) is 0 Å². The molecule has 0 unspecified atom stereocenters. The van der Waals surface area contributed by atoms with E-state index in [-0.39, 0.29) is 11.9 Å². The molecule has 0 aromatic heterocycles. The van der Waals surface area contributed by atoms with Gasteiger partial charge in [0.1, 0.15) is 0 Å². The normalized spacial score (nSPS) is 12.9. The monoisotopic (exact) mass is 261 g/mol. The van der Waals surface area contributed by atoms with Crippen LogP contribution in [0.4, 0.5) is 0 Å². The molecule has 1 aromatic rings. The van der Waals surface area contributed by atoms with Gasteiger partial charge in [-0.15, -0.1) is 6.58 Å². The molecule has 0 bridgehead atoms. The van der Waals surface area contributed by atoms with Crippen molar-refractivity contribution in [3.05, 3.63) is 48.6 Å². The van der Waals surface area contributed by atoms with Gasteiger partial charge in [0, 0.05) is 12.5 Å². The smallest absolute Gasteiger partial charge is 0.218 e. The Labute approximate surface area is 111 Å². The molecule has 3 heteroatoms. The summed E-state index contributed by atoms with van der Waals surface area (Å²) in [6.07, 6.45) is 2.11. The van der Waals surface area contributed by atoms with Gasteiger partial charge in [-0.2, -0.15) is 0 Å². The van der Waals surface area contributed by atoms with Gasteiger partial charge in [0.05, 0.1) is 0 Å². The summed E-state index contributed by atoms with van der Waals surface area (Å²) in [6.45, 7) is 12.4. The first kappa shape index (κ1) is 14.7. The van der Waals surface area contributed by atoms with Crippen LogP contribution in [-0.2, 0) is 4.79 Å². The number of rotatable bonds is 5. The van der Waals surface area contributed by atoms with E-state index < -0.39 is 8.24 Å². The molecule has 1 atom stereocenters. The first-order valence-corrected chi connectivity index (χ1v) is 9.80. The number of amides is 1. The number of hydrogen-bond donors (Lipinski definition) is 0. The lowest BCUT2D eigenvalue weighted by molar-refractivity contribution is -0.127. The molecule has 0 aliphatic carbocycles. The molecule has 0 saturated carbocycles. The van der Waals surface area contributed by atoms with Crippen molar-refractivity contribution >= 4 is 14.1 Å². The fraction of sp³-hybridized carbons (Fsp3) is 0.400. The molecule has 18 heavy (non-hydrogen) atoms. The van der Waals surface area contributed by atoms with Gasteiger partial charge < -0.3 is 4.57 Å². The molecule has 0 aliphatic rings. The zero-order valence-corrected chi connectivity index (χ0v) is 12.8. The number of carbonyl (C=O) groups excluding carboxylic acids is 1. The minimum Gasteiger partial charge on any atom is -0.363 e. The molecule has 1 aromatic carbocycles. The SMILES string of the molecule is C=CCC(=O)N([C@H](C)c1ccccc1)[Si](C)(C)C. The van der Waals surface area contributed by atoms with Gasteiger partial charge in [-0.25, -0.2) is 0 Å². The molecular formula is C15H23NOSi. The average molecular weight is 261 g/mol. The van der Waals surface area contributed by atoms with Crippen molar-refractivity contribution in [2.75, 3.05) is 0 Å². The first-order chi connectivity index (χ1) is 8.38. The maximum atomic E-state index is 12.3. The van der Waals surface area contributed by atoms with Crippen LogP contribution in [0.2, 0.25) is 19.6 Å². The van der Waals surface area contributed by atoms with E-state index in [1.165, 1.54) is 5.56 Å². The lowest BCUT2D eigenvalue weighted by atomic mass is 10.1. The highest BCUT2D eigenvalue weighted by atomic mass is 28.3. The quantitative estimate of drug-likeness (QED) is 0.580. The lowest BCUT2D eigenvalue weighted by Gasteiger charge is -2.39. The van der Waals surface area contributed by atoms with Crippen LogP contribution in [0.3, 0.4) is 0 Å². The largest absolute Gasteiger partial charge is 0.363 e. The summed E-state index contributed by atoms with van der Waals surface area (Å²) < 4.78 is 2.07. The summed E-state index contributed by atoms with van der Waals surface area (Å²) in [5.74, 6) is 0.181. The molecule has 0 radical (unpaired) electrons. The van der Waals surface area contributed by atoms with Crippen molar-refractivity contribution < 1.29 is 4.79 Å². The predicted molar refractivity (Wildman–Crippen MR) is 79.9 cm³/mol. The van der Waals surface area contributed by atoms with Gasteiger partial charge >= 0.3 is 0 Å². The van der Waals surface area contributed by atoms with Crippen molar-refractivity contribution in [1.29, 1.82) is 0 Å². The highest BCUT2D eigenvalue weighted by Gasteiger charge is 2.32. The van der Waals surface area contributed by atoms with Gasteiger partial charge in [-0.05, 0) is 12.5 Å². The molecule has 1 amide bonds. The summed E-state index contributed by atoms with van der Waals surface area (Å²) in [5.41, 5.74) is 1.19. The van der Waals surface area contributed by atoms with Crippen LogP contribution in [0.25, 0.3) is 0 Å². The molecule has 0 heterocycles. The Morgan fingerprint density at radius 3 is 2.33 bits per heavy atom. The van der Waals surface area contributed by atoms with E-state index in [0.29, 0.717) is 6.42 Å². The topological polar surface area (TPSA) is 20.3 Å². The third-order valence-corrected chi connectivity index (χ3v) is 5.06. The molecule has 2 nitrogen and oxygen atoms in total. The Morgan fingerprint density at radius 1 is 1.33 bits per heavy atom. The Morgan fingerprint density at radius 2 is 1.89 bits per heavy atom. The van der Waals surface area contributed by atoms with Gasteiger partial charge in [-0.1, -0.05) is 56.0 Å². The van der Waals surface area contributed by atoms with E-state index in [1.807, 2.05) is 18.2 Å². The number of carbonyl (C=O) groups is 1. The fourth-order valence-corrected chi connectivity index (χ4v) is 4.42. The molecule has 0 saturated heterocycles. The maximum absolute atomic E-state index is 12.3. The third-order valence-electron chi connectivity index (χ3n) is 2.98. The molecule has 0 fully saturated rings. The molecule has 98 valence electrons. The Kier molecular flexibility index (Phi) is 4.90. The molecular weight excluding hydrogens is 238 g/mol. The van der Waals surface area contributed by atoms with Gasteiger partial charge in [0.2, 0.25) is 5.91 Å². The van der Waals surface area contributed by atoms with Crippen molar-refractivity contribution in [2.45, 2.75) is 39.0 Å². The van der Waals surface area contributed by atoms with Gasteiger partial charge in [0.15, 0.2) is 8.24 Å². The van der Waals surface area contributed by atoms with E-state index in [9.17, 15) is 4.79 Å². The van der Waals surface area contributed by atoms with E-state index in [0.717, 1.165) is 0 Å². The summed E-state index contributed by atoms with van der Waals surface area (Å²) in [5, 5.41) is 0. The zero-order valence-electron chi connectivity index (χ0n) is 11.8. The second-order valence-electron chi connectivity index (χ2n) is 5.51. The Balaban J connectivity index is 3.04. The first-order valence-electron chi connectivity index (χ1n) is 6.36. The van der Waals surface area contributed by atoms with Crippen LogP contribution in [0, 0.1) is 0 Å². The summed E-state index contributed by atoms with van der Waals surface area (Å²) in [4.78, 5) is 12.3. The number of nitrogens with zero attached hydrogens (tertiary/aromatic N) is 1. The van der Waals surface area contributed by atoms with E-state index >= 15 is 0 Å². The fourth-order valence-electron chi connectivity index (χ4n) is 2.27. The molecule has 1 rings (SSSR count). The van der Waals surface area contributed by atoms with Crippen LogP contribution in [0.5, 0.6) is 0 Å². The van der Waals surface area contributed by atoms with Crippen LogP contribution in [0.15, 0.2) is 43.0 Å². The summed E-state index contributed by atoms with van der Waals surface area (Å²) in [6, 6.07) is 10.3. The number of benzene rings is 1. The van der Waals surface area contributed by atoms with Crippen LogP contribution < -0.4 is 0 Å². The van der Waals surface area contributed by atoms with E-state index in [1.54, 1.807) is 6.08 Å². The predicted octanol–water partition coefficient (Wildman–Crippen LogP) is 3.99. The van der Waals surface area contributed by atoms with E-state index in [4.69, 9.17) is 0 Å². The van der Waals surface area contributed by atoms with Crippen molar-refractivity contribution in [1.82, 2.24) is 4.57 Å². The van der Waals surface area contributed by atoms with Crippen LogP contribution >= 0.6 is 0 Å². The van der Waals surface area contributed by atoms with Crippen molar-refractivity contribution in [3.8, 4) is 0 Å². The standard InChI is InChI=1S/C15H23NOSi/c1-6-10-15(17)16(18(3,4)5)13(2)14-11-8-7-9-12-14/h6-9,11-13H,1,10H2,2-5H3/t13-/m1/s1. The second-order valence-corrected chi connectivity index (χ2v) is 10.3.